The Morgan fingerprint density at radius 1 is 1.40 bits per heavy atom. The first kappa shape index (κ1) is 19.3. The number of anilines is 1. The van der Waals surface area contributed by atoms with Crippen LogP contribution >= 0.6 is 11.3 Å². The van der Waals surface area contributed by atoms with E-state index in [1.165, 1.54) is 17.4 Å². The molecule has 0 saturated carbocycles. The van der Waals surface area contributed by atoms with Gasteiger partial charge in [0.1, 0.15) is 5.00 Å². The van der Waals surface area contributed by atoms with E-state index in [9.17, 15) is 14.4 Å². The second-order valence-corrected chi connectivity index (χ2v) is 6.40. The first-order chi connectivity index (χ1) is 12.0. The van der Waals surface area contributed by atoms with Gasteiger partial charge in [0.2, 0.25) is 5.91 Å². The number of imide groups is 1. The molecular weight excluding hydrogens is 346 g/mol. The maximum absolute atomic E-state index is 12.3. The number of carbonyl (C=O) groups is 3. The zero-order chi connectivity index (χ0) is 18.2. The largest absolute Gasteiger partial charge is 0.450 e. The third-order valence-electron chi connectivity index (χ3n) is 3.60. The first-order valence-corrected chi connectivity index (χ1v) is 8.98. The lowest BCUT2D eigenvalue weighted by Gasteiger charge is -2.27. The lowest BCUT2D eigenvalue weighted by atomic mass is 10.1. The Kier molecular flexibility index (Phi) is 7.31. The third-order valence-corrected chi connectivity index (χ3v) is 4.43. The molecular formula is C15H23N5O4S. The molecule has 1 fully saturated rings. The van der Waals surface area contributed by atoms with Crippen molar-refractivity contribution in [3.8, 4) is 0 Å². The molecule has 2 heterocycles. The van der Waals surface area contributed by atoms with E-state index >= 15 is 0 Å². The molecule has 6 N–H and O–H groups in total. The van der Waals surface area contributed by atoms with Crippen LogP contribution in [0.1, 0.15) is 30.1 Å². The van der Waals surface area contributed by atoms with Crippen molar-refractivity contribution in [2.24, 2.45) is 5.73 Å². The summed E-state index contributed by atoms with van der Waals surface area (Å²) in [7, 11) is 0. The minimum Gasteiger partial charge on any atom is -0.450 e. The van der Waals surface area contributed by atoms with Crippen molar-refractivity contribution in [3.63, 3.8) is 0 Å². The van der Waals surface area contributed by atoms with E-state index in [1.807, 2.05) is 0 Å². The van der Waals surface area contributed by atoms with Gasteiger partial charge in [-0.2, -0.15) is 0 Å². The number of ether oxygens (including phenoxy) is 1. The predicted molar refractivity (Wildman–Crippen MR) is 94.4 cm³/mol. The number of carbonyl (C=O) groups excluding carboxylic acids is 3. The molecule has 3 amide bonds. The molecule has 1 saturated heterocycles. The number of rotatable bonds is 6. The van der Waals surface area contributed by atoms with Gasteiger partial charge in [-0.25, -0.2) is 4.79 Å². The van der Waals surface area contributed by atoms with Crippen LogP contribution in [0.5, 0.6) is 0 Å². The molecule has 1 aromatic heterocycles. The summed E-state index contributed by atoms with van der Waals surface area (Å²) in [6, 6.07) is 0.788. The van der Waals surface area contributed by atoms with Crippen molar-refractivity contribution < 1.29 is 19.1 Å². The van der Waals surface area contributed by atoms with Crippen molar-refractivity contribution in [1.82, 2.24) is 16.0 Å². The highest BCUT2D eigenvalue weighted by Crippen LogP contribution is 2.23. The van der Waals surface area contributed by atoms with E-state index in [-0.39, 0.29) is 24.2 Å². The zero-order valence-corrected chi connectivity index (χ0v) is 14.8. The molecule has 1 aromatic rings. The molecule has 0 aromatic carbocycles. The summed E-state index contributed by atoms with van der Waals surface area (Å²) in [5.74, 6) is -1.03. The van der Waals surface area contributed by atoms with Gasteiger partial charge in [-0.1, -0.05) is 0 Å². The van der Waals surface area contributed by atoms with Crippen molar-refractivity contribution in [3.05, 3.63) is 17.0 Å². The van der Waals surface area contributed by atoms with Gasteiger partial charge in [-0.05, 0) is 44.3 Å². The minimum absolute atomic E-state index is 0.00980. The molecule has 0 aliphatic carbocycles. The number of hydrogen-bond acceptors (Lipinski definition) is 8. The van der Waals surface area contributed by atoms with Crippen molar-refractivity contribution >= 4 is 34.2 Å². The Balaban J connectivity index is 1.91. The summed E-state index contributed by atoms with van der Waals surface area (Å²) in [6.07, 6.45) is 0.625. The maximum atomic E-state index is 12.3. The lowest BCUT2D eigenvalue weighted by Crippen LogP contribution is -2.52. The van der Waals surface area contributed by atoms with E-state index in [2.05, 4.69) is 26.0 Å². The number of alkyl carbamates (subject to hydrolysis) is 1. The fourth-order valence-electron chi connectivity index (χ4n) is 2.36. The highest BCUT2D eigenvalue weighted by molar-refractivity contribution is 7.14. The number of thiophene rings is 1. The van der Waals surface area contributed by atoms with Gasteiger partial charge in [0.05, 0.1) is 24.4 Å². The first-order valence-electron chi connectivity index (χ1n) is 8.10. The summed E-state index contributed by atoms with van der Waals surface area (Å²) >= 11 is 1.18. The summed E-state index contributed by atoms with van der Waals surface area (Å²) in [5.41, 5.74) is 6.14. The van der Waals surface area contributed by atoms with Crippen LogP contribution in [0, 0.1) is 0 Å². The number of nitrogens with one attached hydrogen (secondary N) is 4. The van der Waals surface area contributed by atoms with Crippen LogP contribution in [-0.4, -0.2) is 49.8 Å². The van der Waals surface area contributed by atoms with E-state index in [0.717, 1.165) is 19.5 Å². The highest BCUT2D eigenvalue weighted by Gasteiger charge is 2.23. The SMILES string of the molecule is CCOC(=O)NC(=O)c1ccsc1NC(=O)C(N)CC1NCCCN1. The van der Waals surface area contributed by atoms with Gasteiger partial charge >= 0.3 is 6.09 Å². The van der Waals surface area contributed by atoms with E-state index in [0.29, 0.717) is 11.4 Å². The zero-order valence-electron chi connectivity index (χ0n) is 14.0. The number of hydrogen-bond donors (Lipinski definition) is 5. The number of amides is 3. The van der Waals surface area contributed by atoms with Gasteiger partial charge in [-0.3, -0.25) is 14.9 Å². The fraction of sp³-hybridized carbons (Fsp3) is 0.533. The molecule has 0 spiro atoms. The van der Waals surface area contributed by atoms with Crippen molar-refractivity contribution in [1.29, 1.82) is 0 Å². The van der Waals surface area contributed by atoms with Gasteiger partial charge in [-0.15, -0.1) is 11.3 Å². The van der Waals surface area contributed by atoms with E-state index in [4.69, 9.17) is 5.73 Å². The molecule has 0 radical (unpaired) electrons. The Labute approximate surface area is 149 Å². The van der Waals surface area contributed by atoms with Crippen LogP contribution in [0.3, 0.4) is 0 Å². The van der Waals surface area contributed by atoms with Crippen LogP contribution in [0.2, 0.25) is 0 Å². The van der Waals surface area contributed by atoms with Gasteiger partial charge in [0.25, 0.3) is 5.91 Å². The van der Waals surface area contributed by atoms with Gasteiger partial charge in [0, 0.05) is 0 Å². The molecule has 9 nitrogen and oxygen atoms in total. The van der Waals surface area contributed by atoms with Crippen LogP contribution in [0.4, 0.5) is 9.80 Å². The molecule has 1 unspecified atom stereocenters. The maximum Gasteiger partial charge on any atom is 0.414 e. The van der Waals surface area contributed by atoms with Gasteiger partial charge in [0.15, 0.2) is 0 Å². The lowest BCUT2D eigenvalue weighted by molar-refractivity contribution is -0.117. The Hall–Kier alpha value is -2.01. The van der Waals surface area contributed by atoms with Crippen LogP contribution < -0.4 is 27.0 Å². The standard InChI is InChI=1S/C15H23N5O4S/c1-2-24-15(23)20-12(21)9-4-7-25-14(9)19-13(22)10(16)8-11-17-5-3-6-18-11/h4,7,10-11,17-18H,2-3,5-6,8,16H2,1H3,(H,19,22)(H,20,21,23). The molecule has 2 rings (SSSR count). The Morgan fingerprint density at radius 3 is 2.80 bits per heavy atom. The van der Waals surface area contributed by atoms with Gasteiger partial charge < -0.3 is 26.4 Å². The van der Waals surface area contributed by atoms with Crippen LogP contribution in [-0.2, 0) is 9.53 Å². The molecule has 25 heavy (non-hydrogen) atoms. The molecule has 1 aliphatic heterocycles. The topological polar surface area (TPSA) is 135 Å². The average Bonchev–Trinajstić information content (AvgIpc) is 3.04. The molecule has 138 valence electrons. The molecule has 1 atom stereocenters. The predicted octanol–water partition coefficient (Wildman–Crippen LogP) is 0.199. The summed E-state index contributed by atoms with van der Waals surface area (Å²) < 4.78 is 4.67. The Morgan fingerprint density at radius 2 is 2.12 bits per heavy atom. The van der Waals surface area contributed by atoms with E-state index in [1.54, 1.807) is 12.3 Å². The Bertz CT molecular complexity index is 615. The molecule has 0 bridgehead atoms. The van der Waals surface area contributed by atoms with Crippen LogP contribution in [0.15, 0.2) is 11.4 Å². The number of nitrogens with two attached hydrogens (primary N) is 1. The van der Waals surface area contributed by atoms with Crippen molar-refractivity contribution in [2.75, 3.05) is 25.0 Å². The summed E-state index contributed by atoms with van der Waals surface area (Å²) in [4.78, 5) is 35.7. The summed E-state index contributed by atoms with van der Waals surface area (Å²) in [6.45, 7) is 3.56. The van der Waals surface area contributed by atoms with Crippen LogP contribution in [0.25, 0.3) is 0 Å². The normalized spacial score (nSPS) is 16.1. The summed E-state index contributed by atoms with van der Waals surface area (Å²) in [5, 5.41) is 13.2. The smallest absolute Gasteiger partial charge is 0.414 e. The second-order valence-electron chi connectivity index (χ2n) is 5.48. The quantitative estimate of drug-likeness (QED) is 0.483. The average molecular weight is 369 g/mol. The van der Waals surface area contributed by atoms with Crippen molar-refractivity contribution in [2.45, 2.75) is 32.0 Å². The molecule has 10 heteroatoms. The third kappa shape index (κ3) is 5.78. The minimum atomic E-state index is -0.831. The molecule has 1 aliphatic rings. The second kappa shape index (κ2) is 9.47. The highest BCUT2D eigenvalue weighted by atomic mass is 32.1. The fourth-order valence-corrected chi connectivity index (χ4v) is 3.14. The monoisotopic (exact) mass is 369 g/mol. The van der Waals surface area contributed by atoms with E-state index < -0.39 is 18.0 Å².